The Morgan fingerprint density at radius 1 is 1.36 bits per heavy atom. The number of nitrogens with zero attached hydrogens (tertiary/aromatic N) is 3. The monoisotopic (exact) mass is 337 g/mol. The molecule has 1 fully saturated rings. The van der Waals surface area contributed by atoms with Crippen molar-refractivity contribution in [3.05, 3.63) is 12.4 Å². The van der Waals surface area contributed by atoms with Crippen molar-refractivity contribution in [2.75, 3.05) is 39.3 Å². The number of alkyl halides is 2. The van der Waals surface area contributed by atoms with Gasteiger partial charge in [0.25, 0.3) is 6.43 Å². The van der Waals surface area contributed by atoms with E-state index >= 15 is 0 Å². The van der Waals surface area contributed by atoms with Crippen LogP contribution in [0.4, 0.5) is 8.78 Å². The zero-order valence-corrected chi connectivity index (χ0v) is 13.0. The molecule has 0 saturated carbocycles. The standard InChI is InChI=1S/C12H21F2N5O2S/c13-12(14)10-19-9-11(8-16-19)22(20,21)17-2-1-5-18-6-3-15-4-7-18/h8-9,12,15,17H,1-7,10H2. The molecule has 22 heavy (non-hydrogen) atoms. The van der Waals surface area contributed by atoms with Gasteiger partial charge in [-0.1, -0.05) is 0 Å². The summed E-state index contributed by atoms with van der Waals surface area (Å²) >= 11 is 0. The molecule has 0 atom stereocenters. The maximum atomic E-state index is 12.2. The van der Waals surface area contributed by atoms with E-state index in [9.17, 15) is 17.2 Å². The molecule has 1 aliphatic heterocycles. The molecule has 0 unspecified atom stereocenters. The molecule has 1 saturated heterocycles. The van der Waals surface area contributed by atoms with E-state index in [1.54, 1.807) is 0 Å². The molecule has 2 N–H and O–H groups in total. The fourth-order valence-corrected chi connectivity index (χ4v) is 3.28. The lowest BCUT2D eigenvalue weighted by Gasteiger charge is -2.26. The molecule has 10 heteroatoms. The van der Waals surface area contributed by atoms with Crippen LogP contribution < -0.4 is 10.0 Å². The van der Waals surface area contributed by atoms with Crippen LogP contribution in [0.3, 0.4) is 0 Å². The number of halogens is 2. The molecule has 1 aromatic rings. The molecule has 126 valence electrons. The fourth-order valence-electron chi connectivity index (χ4n) is 2.25. The number of sulfonamides is 1. The molecule has 2 rings (SSSR count). The molecule has 0 amide bonds. The third kappa shape index (κ3) is 5.27. The summed E-state index contributed by atoms with van der Waals surface area (Å²) in [5.74, 6) is 0. The van der Waals surface area contributed by atoms with Gasteiger partial charge in [-0.15, -0.1) is 0 Å². The number of rotatable bonds is 8. The van der Waals surface area contributed by atoms with Crippen LogP contribution in [0.2, 0.25) is 0 Å². The summed E-state index contributed by atoms with van der Waals surface area (Å²) in [5.41, 5.74) is 0. The van der Waals surface area contributed by atoms with Gasteiger partial charge >= 0.3 is 0 Å². The van der Waals surface area contributed by atoms with Crippen molar-refractivity contribution in [3.63, 3.8) is 0 Å². The van der Waals surface area contributed by atoms with Crippen LogP contribution in [0.25, 0.3) is 0 Å². The molecule has 1 aliphatic rings. The summed E-state index contributed by atoms with van der Waals surface area (Å²) in [7, 11) is -3.69. The van der Waals surface area contributed by atoms with Crippen LogP contribution in [0.5, 0.6) is 0 Å². The highest BCUT2D eigenvalue weighted by atomic mass is 32.2. The van der Waals surface area contributed by atoms with E-state index in [2.05, 4.69) is 20.0 Å². The molecular weight excluding hydrogens is 316 g/mol. The lowest BCUT2D eigenvalue weighted by Crippen LogP contribution is -2.44. The Hall–Kier alpha value is -1.10. The molecule has 0 radical (unpaired) electrons. The van der Waals surface area contributed by atoms with E-state index in [0.29, 0.717) is 13.0 Å². The first-order valence-corrected chi connectivity index (χ1v) is 8.69. The van der Waals surface area contributed by atoms with Gasteiger partial charge in [-0.3, -0.25) is 4.68 Å². The number of piperazine rings is 1. The van der Waals surface area contributed by atoms with Crippen molar-refractivity contribution in [3.8, 4) is 0 Å². The van der Waals surface area contributed by atoms with Crippen LogP contribution in [0, 0.1) is 0 Å². The minimum Gasteiger partial charge on any atom is -0.314 e. The van der Waals surface area contributed by atoms with Crippen LogP contribution >= 0.6 is 0 Å². The summed E-state index contributed by atoms with van der Waals surface area (Å²) in [6.45, 7) is 4.37. The first-order valence-electron chi connectivity index (χ1n) is 7.21. The Bertz CT molecular complexity index is 558. The van der Waals surface area contributed by atoms with Gasteiger partial charge in [0, 0.05) is 38.9 Å². The zero-order chi connectivity index (χ0) is 16.0. The summed E-state index contributed by atoms with van der Waals surface area (Å²) < 4.78 is 51.8. The van der Waals surface area contributed by atoms with Crippen LogP contribution in [-0.2, 0) is 16.6 Å². The summed E-state index contributed by atoms with van der Waals surface area (Å²) in [6, 6.07) is 0. The summed E-state index contributed by atoms with van der Waals surface area (Å²) in [6.07, 6.45) is 0.332. The van der Waals surface area contributed by atoms with Crippen molar-refractivity contribution < 1.29 is 17.2 Å². The number of hydrogen-bond acceptors (Lipinski definition) is 5. The lowest BCUT2D eigenvalue weighted by molar-refractivity contribution is 0.121. The third-order valence-corrected chi connectivity index (χ3v) is 4.81. The van der Waals surface area contributed by atoms with Gasteiger partial charge in [0.05, 0.1) is 6.20 Å². The van der Waals surface area contributed by atoms with Crippen LogP contribution in [-0.4, -0.2) is 68.8 Å². The van der Waals surface area contributed by atoms with Crippen molar-refractivity contribution in [1.82, 2.24) is 24.7 Å². The summed E-state index contributed by atoms with van der Waals surface area (Å²) in [5, 5.41) is 6.88. The largest absolute Gasteiger partial charge is 0.314 e. The normalized spacial score (nSPS) is 17.2. The highest BCUT2D eigenvalue weighted by molar-refractivity contribution is 7.89. The quantitative estimate of drug-likeness (QED) is 0.638. The fraction of sp³-hybridized carbons (Fsp3) is 0.750. The molecule has 0 aromatic carbocycles. The van der Waals surface area contributed by atoms with E-state index in [0.717, 1.165) is 49.8 Å². The Morgan fingerprint density at radius 2 is 2.09 bits per heavy atom. The van der Waals surface area contributed by atoms with Gasteiger partial charge in [-0.25, -0.2) is 21.9 Å². The van der Waals surface area contributed by atoms with Gasteiger partial charge < -0.3 is 10.2 Å². The minimum absolute atomic E-state index is 0.0877. The van der Waals surface area contributed by atoms with Crippen molar-refractivity contribution in [2.45, 2.75) is 24.3 Å². The molecule has 7 nitrogen and oxygen atoms in total. The van der Waals surface area contributed by atoms with Gasteiger partial charge in [0.2, 0.25) is 10.0 Å². The molecule has 0 bridgehead atoms. The first-order chi connectivity index (χ1) is 10.5. The Balaban J connectivity index is 1.76. The average Bonchev–Trinajstić information content (AvgIpc) is 2.93. The van der Waals surface area contributed by atoms with Gasteiger partial charge in [-0.2, -0.15) is 5.10 Å². The van der Waals surface area contributed by atoms with Crippen molar-refractivity contribution in [1.29, 1.82) is 0 Å². The maximum absolute atomic E-state index is 12.2. The zero-order valence-electron chi connectivity index (χ0n) is 12.2. The molecular formula is C12H21F2N5O2S. The Morgan fingerprint density at radius 3 is 2.77 bits per heavy atom. The second-order valence-electron chi connectivity index (χ2n) is 5.13. The van der Waals surface area contributed by atoms with E-state index in [1.165, 1.54) is 0 Å². The summed E-state index contributed by atoms with van der Waals surface area (Å²) in [4.78, 5) is 2.18. The van der Waals surface area contributed by atoms with Crippen LogP contribution in [0.15, 0.2) is 17.3 Å². The van der Waals surface area contributed by atoms with E-state index in [4.69, 9.17) is 0 Å². The topological polar surface area (TPSA) is 79.3 Å². The van der Waals surface area contributed by atoms with E-state index < -0.39 is 23.0 Å². The third-order valence-electron chi connectivity index (χ3n) is 3.40. The predicted octanol–water partition coefficient (Wildman–Crippen LogP) is -0.278. The van der Waals surface area contributed by atoms with Gasteiger partial charge in [0.15, 0.2) is 0 Å². The number of hydrogen-bond donors (Lipinski definition) is 2. The van der Waals surface area contributed by atoms with Gasteiger partial charge in [-0.05, 0) is 13.0 Å². The molecule has 1 aromatic heterocycles. The average molecular weight is 337 g/mol. The highest BCUT2D eigenvalue weighted by Gasteiger charge is 2.17. The second kappa shape index (κ2) is 7.95. The lowest BCUT2D eigenvalue weighted by atomic mass is 10.3. The van der Waals surface area contributed by atoms with Gasteiger partial charge in [0.1, 0.15) is 11.4 Å². The number of nitrogens with one attached hydrogen (secondary N) is 2. The first kappa shape index (κ1) is 17.3. The smallest absolute Gasteiger partial charge is 0.257 e. The second-order valence-corrected chi connectivity index (χ2v) is 6.90. The van der Waals surface area contributed by atoms with Crippen molar-refractivity contribution >= 4 is 10.0 Å². The van der Waals surface area contributed by atoms with Crippen molar-refractivity contribution in [2.24, 2.45) is 0 Å². The van der Waals surface area contributed by atoms with Crippen LogP contribution in [0.1, 0.15) is 6.42 Å². The molecule has 0 aliphatic carbocycles. The minimum atomic E-state index is -3.69. The van der Waals surface area contributed by atoms with E-state index in [1.807, 2.05) is 0 Å². The molecule has 2 heterocycles. The predicted molar refractivity (Wildman–Crippen MR) is 77.3 cm³/mol. The SMILES string of the molecule is O=S(=O)(NCCCN1CCNCC1)c1cnn(CC(F)F)c1. The van der Waals surface area contributed by atoms with E-state index in [-0.39, 0.29) is 4.90 Å². The highest BCUT2D eigenvalue weighted by Crippen LogP contribution is 2.08. The Labute approximate surface area is 128 Å². The molecule has 0 spiro atoms. The number of aromatic nitrogens is 2. The maximum Gasteiger partial charge on any atom is 0.257 e. The Kier molecular flexibility index (Phi) is 6.24.